The fraction of sp³-hybridized carbons (Fsp3) is 0.0417. The smallest absolute Gasteiger partial charge is 0.338 e. The number of anilines is 1. The molecule has 2 aromatic carbocycles. The van der Waals surface area contributed by atoms with Gasteiger partial charge >= 0.3 is 5.97 Å². The molecule has 1 aliphatic rings. The molecule has 5 rings (SSSR count). The van der Waals surface area contributed by atoms with Gasteiger partial charge in [-0.15, -0.1) is 0 Å². The summed E-state index contributed by atoms with van der Waals surface area (Å²) in [6, 6.07) is 18.4. The Morgan fingerprint density at radius 2 is 1.93 bits per heavy atom. The van der Waals surface area contributed by atoms with Gasteiger partial charge in [-0.05, 0) is 42.0 Å². The van der Waals surface area contributed by atoms with Crippen LogP contribution in [-0.4, -0.2) is 21.8 Å². The summed E-state index contributed by atoms with van der Waals surface area (Å²) in [5, 5.41) is 3.77. The maximum Gasteiger partial charge on any atom is 0.338 e. The molecule has 0 spiro atoms. The Morgan fingerprint density at radius 3 is 2.80 bits per heavy atom. The van der Waals surface area contributed by atoms with Crippen LogP contribution in [0.1, 0.15) is 27.0 Å². The molecule has 0 saturated carbocycles. The van der Waals surface area contributed by atoms with E-state index in [2.05, 4.69) is 15.3 Å². The van der Waals surface area contributed by atoms with Crippen molar-refractivity contribution in [3.63, 3.8) is 0 Å². The SMILES string of the molecule is O=C1Nc2ccc(C(=O)OCc3ccccc3)cc2C1=Cc1c[nH]c2ncccc12. The predicted molar refractivity (Wildman–Crippen MR) is 115 cm³/mol. The van der Waals surface area contributed by atoms with Crippen molar-refractivity contribution >= 4 is 40.2 Å². The van der Waals surface area contributed by atoms with Gasteiger partial charge in [0, 0.05) is 40.2 Å². The van der Waals surface area contributed by atoms with Gasteiger partial charge in [0.25, 0.3) is 5.91 Å². The van der Waals surface area contributed by atoms with Crippen LogP contribution in [0.15, 0.2) is 73.1 Å². The van der Waals surface area contributed by atoms with Crippen LogP contribution in [0, 0.1) is 0 Å². The Bertz CT molecular complexity index is 1310. The van der Waals surface area contributed by atoms with Gasteiger partial charge in [-0.25, -0.2) is 9.78 Å². The Morgan fingerprint density at radius 1 is 1.07 bits per heavy atom. The lowest BCUT2D eigenvalue weighted by Crippen LogP contribution is -2.05. The van der Waals surface area contributed by atoms with Crippen LogP contribution in [0.4, 0.5) is 5.69 Å². The molecule has 1 amide bonds. The van der Waals surface area contributed by atoms with Crippen molar-refractivity contribution in [3.05, 3.63) is 95.3 Å². The normalized spacial score (nSPS) is 14.0. The molecule has 2 N–H and O–H groups in total. The number of hydrogen-bond acceptors (Lipinski definition) is 4. The van der Waals surface area contributed by atoms with Crippen LogP contribution < -0.4 is 5.32 Å². The van der Waals surface area contributed by atoms with Crippen molar-refractivity contribution in [1.82, 2.24) is 9.97 Å². The van der Waals surface area contributed by atoms with Crippen molar-refractivity contribution in [1.29, 1.82) is 0 Å². The molecule has 30 heavy (non-hydrogen) atoms. The molecule has 0 aliphatic carbocycles. The second-order valence-electron chi connectivity index (χ2n) is 6.98. The maximum absolute atomic E-state index is 12.6. The molecule has 3 heterocycles. The minimum atomic E-state index is -0.434. The summed E-state index contributed by atoms with van der Waals surface area (Å²) in [7, 11) is 0. The summed E-state index contributed by atoms with van der Waals surface area (Å²) >= 11 is 0. The van der Waals surface area contributed by atoms with Gasteiger partial charge in [-0.1, -0.05) is 30.3 Å². The number of ether oxygens (including phenoxy) is 1. The molecule has 1 aliphatic heterocycles. The van der Waals surface area contributed by atoms with Crippen LogP contribution in [0.2, 0.25) is 0 Å². The van der Waals surface area contributed by atoms with E-state index < -0.39 is 5.97 Å². The summed E-state index contributed by atoms with van der Waals surface area (Å²) in [6.07, 6.45) is 5.33. The Hall–Kier alpha value is -4.19. The topological polar surface area (TPSA) is 84.1 Å². The summed E-state index contributed by atoms with van der Waals surface area (Å²) in [6.45, 7) is 0.193. The molecule has 6 heteroatoms. The minimum Gasteiger partial charge on any atom is -0.457 e. The Labute approximate surface area is 172 Å². The molecule has 4 aromatic rings. The molecular weight excluding hydrogens is 378 g/mol. The summed E-state index contributed by atoms with van der Waals surface area (Å²) in [5.41, 5.74) is 4.75. The monoisotopic (exact) mass is 395 g/mol. The van der Waals surface area contributed by atoms with E-state index in [1.165, 1.54) is 0 Å². The third kappa shape index (κ3) is 3.24. The number of nitrogens with one attached hydrogen (secondary N) is 2. The largest absolute Gasteiger partial charge is 0.457 e. The van der Waals surface area contributed by atoms with Crippen LogP contribution in [0.5, 0.6) is 0 Å². The van der Waals surface area contributed by atoms with E-state index in [1.807, 2.05) is 48.7 Å². The highest BCUT2D eigenvalue weighted by atomic mass is 16.5. The van der Waals surface area contributed by atoms with E-state index in [9.17, 15) is 9.59 Å². The average Bonchev–Trinajstić information content (AvgIpc) is 3.33. The molecular formula is C24H17N3O3. The number of amides is 1. The number of esters is 1. The number of hydrogen-bond donors (Lipinski definition) is 2. The van der Waals surface area contributed by atoms with E-state index in [4.69, 9.17) is 4.74 Å². The highest BCUT2D eigenvalue weighted by molar-refractivity contribution is 6.35. The highest BCUT2D eigenvalue weighted by Crippen LogP contribution is 2.35. The first kappa shape index (κ1) is 17.9. The molecule has 0 atom stereocenters. The number of H-pyrrole nitrogens is 1. The highest BCUT2D eigenvalue weighted by Gasteiger charge is 2.26. The van der Waals surface area contributed by atoms with Gasteiger partial charge in [-0.2, -0.15) is 0 Å². The summed E-state index contributed by atoms with van der Waals surface area (Å²) in [4.78, 5) is 32.5. The number of fused-ring (bicyclic) bond motifs is 2. The van der Waals surface area contributed by atoms with Gasteiger partial charge in [0.15, 0.2) is 0 Å². The number of benzene rings is 2. The van der Waals surface area contributed by atoms with E-state index in [0.29, 0.717) is 22.4 Å². The third-order valence-electron chi connectivity index (χ3n) is 5.03. The van der Waals surface area contributed by atoms with Crippen molar-refractivity contribution in [2.75, 3.05) is 5.32 Å². The molecule has 0 fully saturated rings. The van der Waals surface area contributed by atoms with Gasteiger partial charge in [0.2, 0.25) is 0 Å². The zero-order chi connectivity index (χ0) is 20.5. The van der Waals surface area contributed by atoms with Crippen molar-refractivity contribution in [2.24, 2.45) is 0 Å². The molecule has 0 unspecified atom stereocenters. The Balaban J connectivity index is 1.45. The summed E-state index contributed by atoms with van der Waals surface area (Å²) in [5.74, 6) is -0.644. The number of aromatic nitrogens is 2. The number of pyridine rings is 1. The molecule has 0 bridgehead atoms. The van der Waals surface area contributed by atoms with Crippen LogP contribution in [0.25, 0.3) is 22.7 Å². The second kappa shape index (κ2) is 7.33. The standard InChI is InChI=1S/C24H17N3O3/c28-23-20(12-17-13-26-22-18(17)7-4-10-25-22)19-11-16(8-9-21(19)27-23)24(29)30-14-15-5-2-1-3-6-15/h1-13H,14H2,(H,25,26)(H,27,28). The summed E-state index contributed by atoms with van der Waals surface area (Å²) < 4.78 is 5.42. The molecule has 0 saturated heterocycles. The van der Waals surface area contributed by atoms with Crippen LogP contribution in [-0.2, 0) is 16.1 Å². The molecule has 6 nitrogen and oxygen atoms in total. The first-order valence-electron chi connectivity index (χ1n) is 9.50. The number of aromatic amines is 1. The number of carbonyl (C=O) groups excluding carboxylic acids is 2. The van der Waals surface area contributed by atoms with Gasteiger partial charge < -0.3 is 15.0 Å². The van der Waals surface area contributed by atoms with E-state index in [0.717, 1.165) is 22.2 Å². The number of carbonyl (C=O) groups is 2. The number of nitrogens with zero attached hydrogens (tertiary/aromatic N) is 1. The van der Waals surface area contributed by atoms with Gasteiger partial charge in [0.1, 0.15) is 12.3 Å². The molecule has 2 aromatic heterocycles. The lowest BCUT2D eigenvalue weighted by atomic mass is 10.0. The fourth-order valence-electron chi connectivity index (χ4n) is 3.52. The van der Waals surface area contributed by atoms with Gasteiger partial charge in [-0.3, -0.25) is 4.79 Å². The minimum absolute atomic E-state index is 0.193. The fourth-order valence-corrected chi connectivity index (χ4v) is 3.52. The lowest BCUT2D eigenvalue weighted by molar-refractivity contribution is -0.110. The second-order valence-corrected chi connectivity index (χ2v) is 6.98. The van der Waals surface area contributed by atoms with Crippen LogP contribution in [0.3, 0.4) is 0 Å². The quantitative estimate of drug-likeness (QED) is 0.396. The zero-order valence-electron chi connectivity index (χ0n) is 15.9. The lowest BCUT2D eigenvalue weighted by Gasteiger charge is -2.06. The van der Waals surface area contributed by atoms with Crippen molar-refractivity contribution in [2.45, 2.75) is 6.61 Å². The number of rotatable bonds is 4. The molecule has 146 valence electrons. The predicted octanol–water partition coefficient (Wildman–Crippen LogP) is 4.41. The van der Waals surface area contributed by atoms with Crippen LogP contribution >= 0.6 is 0 Å². The van der Waals surface area contributed by atoms with Crippen molar-refractivity contribution in [3.8, 4) is 0 Å². The van der Waals surface area contributed by atoms with E-state index in [-0.39, 0.29) is 12.5 Å². The first-order valence-corrected chi connectivity index (χ1v) is 9.50. The van der Waals surface area contributed by atoms with E-state index in [1.54, 1.807) is 30.5 Å². The zero-order valence-corrected chi connectivity index (χ0v) is 15.9. The first-order chi connectivity index (χ1) is 14.7. The van der Waals surface area contributed by atoms with E-state index >= 15 is 0 Å². The third-order valence-corrected chi connectivity index (χ3v) is 5.03. The van der Waals surface area contributed by atoms with Crippen molar-refractivity contribution < 1.29 is 14.3 Å². The average molecular weight is 395 g/mol. The van der Waals surface area contributed by atoms with Gasteiger partial charge in [0.05, 0.1) is 5.56 Å². The maximum atomic E-state index is 12.6. The molecule has 0 radical (unpaired) electrons. The Kier molecular flexibility index (Phi) is 4.37.